The van der Waals surface area contributed by atoms with Crippen molar-refractivity contribution in [2.24, 2.45) is 5.92 Å². The van der Waals surface area contributed by atoms with Crippen LogP contribution in [-0.2, 0) is 4.79 Å². The topological polar surface area (TPSA) is 42.0 Å². The minimum atomic E-state index is 0.0798. The highest BCUT2D eigenvalue weighted by molar-refractivity contribution is 7.99. The monoisotopic (exact) mass is 316 g/mol. The fraction of sp³-hybridized carbons (Fsp3) is 0.444. The molecule has 1 aromatic heterocycles. The van der Waals surface area contributed by atoms with E-state index in [1.807, 2.05) is 36.4 Å². The molecule has 0 saturated heterocycles. The van der Waals surface area contributed by atoms with Crippen LogP contribution in [0.25, 0.3) is 10.9 Å². The maximum atomic E-state index is 12.0. The minimum Gasteiger partial charge on any atom is -0.353 e. The molecule has 0 aliphatic carbocycles. The van der Waals surface area contributed by atoms with E-state index in [0.717, 1.165) is 28.8 Å². The maximum Gasteiger partial charge on any atom is 0.230 e. The van der Waals surface area contributed by atoms with Gasteiger partial charge in [0.05, 0.1) is 16.3 Å². The van der Waals surface area contributed by atoms with Gasteiger partial charge in [0.25, 0.3) is 0 Å². The van der Waals surface area contributed by atoms with E-state index in [2.05, 4.69) is 31.1 Å². The maximum absolute atomic E-state index is 12.0. The van der Waals surface area contributed by atoms with E-state index in [4.69, 9.17) is 0 Å². The molecule has 1 amide bonds. The van der Waals surface area contributed by atoms with Crippen LogP contribution < -0.4 is 5.32 Å². The highest BCUT2D eigenvalue weighted by atomic mass is 32.2. The van der Waals surface area contributed by atoms with E-state index >= 15 is 0 Å². The van der Waals surface area contributed by atoms with Crippen LogP contribution in [0.15, 0.2) is 41.4 Å². The van der Waals surface area contributed by atoms with Crippen molar-refractivity contribution < 1.29 is 4.79 Å². The van der Waals surface area contributed by atoms with Gasteiger partial charge in [-0.05, 0) is 37.8 Å². The molecule has 0 radical (unpaired) electrons. The number of para-hydroxylation sites is 1. The Hall–Kier alpha value is -1.55. The van der Waals surface area contributed by atoms with Crippen LogP contribution in [0.1, 0.15) is 33.6 Å². The molecule has 0 fully saturated rings. The van der Waals surface area contributed by atoms with Crippen molar-refractivity contribution in [2.45, 2.75) is 44.7 Å². The first kappa shape index (κ1) is 16.8. The second-order valence-corrected chi connectivity index (χ2v) is 7.07. The van der Waals surface area contributed by atoms with E-state index in [1.54, 1.807) is 0 Å². The first-order valence-electron chi connectivity index (χ1n) is 7.82. The SMILES string of the molecule is CC(C)CC[C@@H](C)NC(=O)CSc1ccc2ccccc2n1. The average molecular weight is 316 g/mol. The third-order valence-corrected chi connectivity index (χ3v) is 4.44. The van der Waals surface area contributed by atoms with Crippen LogP contribution in [0.3, 0.4) is 0 Å². The molecule has 4 heteroatoms. The van der Waals surface area contributed by atoms with Gasteiger partial charge in [0, 0.05) is 11.4 Å². The number of hydrogen-bond acceptors (Lipinski definition) is 3. The summed E-state index contributed by atoms with van der Waals surface area (Å²) >= 11 is 1.49. The third kappa shape index (κ3) is 5.34. The molecular formula is C18H24N2OS. The summed E-state index contributed by atoms with van der Waals surface area (Å²) in [5.74, 6) is 1.17. The molecular weight excluding hydrogens is 292 g/mol. The number of amides is 1. The Morgan fingerprint density at radius 3 is 2.68 bits per heavy atom. The third-order valence-electron chi connectivity index (χ3n) is 3.51. The zero-order valence-electron chi connectivity index (χ0n) is 13.5. The summed E-state index contributed by atoms with van der Waals surface area (Å²) in [6.07, 6.45) is 2.17. The lowest BCUT2D eigenvalue weighted by atomic mass is 10.0. The Morgan fingerprint density at radius 1 is 1.14 bits per heavy atom. The summed E-state index contributed by atoms with van der Waals surface area (Å²) in [4.78, 5) is 16.5. The smallest absolute Gasteiger partial charge is 0.230 e. The number of carbonyl (C=O) groups excluding carboxylic acids is 1. The minimum absolute atomic E-state index is 0.0798. The zero-order chi connectivity index (χ0) is 15.9. The number of aromatic nitrogens is 1. The lowest BCUT2D eigenvalue weighted by Gasteiger charge is -2.14. The molecule has 1 atom stereocenters. The number of thioether (sulfide) groups is 1. The number of pyridine rings is 1. The Balaban J connectivity index is 1.82. The fourth-order valence-corrected chi connectivity index (χ4v) is 2.93. The van der Waals surface area contributed by atoms with E-state index in [1.165, 1.54) is 11.8 Å². The van der Waals surface area contributed by atoms with Crippen molar-refractivity contribution in [3.05, 3.63) is 36.4 Å². The van der Waals surface area contributed by atoms with Gasteiger partial charge in [-0.3, -0.25) is 4.79 Å². The molecule has 22 heavy (non-hydrogen) atoms. The summed E-state index contributed by atoms with van der Waals surface area (Å²) in [6.45, 7) is 6.48. The van der Waals surface area contributed by atoms with E-state index < -0.39 is 0 Å². The van der Waals surface area contributed by atoms with Gasteiger partial charge in [-0.15, -0.1) is 0 Å². The summed E-state index contributed by atoms with van der Waals surface area (Å²) in [7, 11) is 0. The molecule has 118 valence electrons. The van der Waals surface area contributed by atoms with E-state index in [9.17, 15) is 4.79 Å². The van der Waals surface area contributed by atoms with Crippen molar-refractivity contribution >= 4 is 28.6 Å². The Morgan fingerprint density at radius 2 is 1.91 bits per heavy atom. The number of benzene rings is 1. The van der Waals surface area contributed by atoms with E-state index in [-0.39, 0.29) is 11.9 Å². The first-order chi connectivity index (χ1) is 10.5. The standard InChI is InChI=1S/C18H24N2OS/c1-13(2)8-9-14(3)19-17(21)12-22-18-11-10-15-6-4-5-7-16(15)20-18/h4-7,10-11,13-14H,8-9,12H2,1-3H3,(H,19,21)/t14-/m1/s1. The highest BCUT2D eigenvalue weighted by Crippen LogP contribution is 2.19. The molecule has 0 spiro atoms. The van der Waals surface area contributed by atoms with Gasteiger partial charge >= 0.3 is 0 Å². The Labute approximate surface area is 136 Å². The molecule has 1 heterocycles. The van der Waals surface area contributed by atoms with Crippen molar-refractivity contribution in [1.82, 2.24) is 10.3 Å². The predicted molar refractivity (Wildman–Crippen MR) is 94.1 cm³/mol. The van der Waals surface area contributed by atoms with Crippen molar-refractivity contribution in [3.63, 3.8) is 0 Å². The van der Waals surface area contributed by atoms with Gasteiger partial charge in [0.2, 0.25) is 5.91 Å². The van der Waals surface area contributed by atoms with Crippen LogP contribution in [0, 0.1) is 5.92 Å². The van der Waals surface area contributed by atoms with Crippen molar-refractivity contribution in [3.8, 4) is 0 Å². The Bertz CT molecular complexity index is 627. The molecule has 0 unspecified atom stereocenters. The molecule has 1 aromatic carbocycles. The predicted octanol–water partition coefficient (Wildman–Crippen LogP) is 4.27. The highest BCUT2D eigenvalue weighted by Gasteiger charge is 2.09. The molecule has 2 aromatic rings. The van der Waals surface area contributed by atoms with Gasteiger partial charge in [0.1, 0.15) is 0 Å². The van der Waals surface area contributed by atoms with Gasteiger partial charge in [-0.2, -0.15) is 0 Å². The fourth-order valence-electron chi connectivity index (χ4n) is 2.24. The normalized spacial score (nSPS) is 12.5. The summed E-state index contributed by atoms with van der Waals surface area (Å²) < 4.78 is 0. The van der Waals surface area contributed by atoms with E-state index in [0.29, 0.717) is 11.7 Å². The van der Waals surface area contributed by atoms with Crippen LogP contribution in [0.4, 0.5) is 0 Å². The van der Waals surface area contributed by atoms with Gasteiger partial charge < -0.3 is 5.32 Å². The lowest BCUT2D eigenvalue weighted by molar-refractivity contribution is -0.119. The van der Waals surface area contributed by atoms with Gasteiger partial charge in [-0.1, -0.05) is 49.9 Å². The number of carbonyl (C=O) groups is 1. The second kappa shape index (κ2) is 8.18. The number of rotatable bonds is 7. The first-order valence-corrected chi connectivity index (χ1v) is 8.81. The number of nitrogens with one attached hydrogen (secondary N) is 1. The van der Waals surface area contributed by atoms with Gasteiger partial charge in [-0.25, -0.2) is 4.98 Å². The number of nitrogens with zero attached hydrogens (tertiary/aromatic N) is 1. The van der Waals surface area contributed by atoms with Crippen molar-refractivity contribution in [1.29, 1.82) is 0 Å². The molecule has 0 aliphatic heterocycles. The lowest BCUT2D eigenvalue weighted by Crippen LogP contribution is -2.34. The summed E-state index contributed by atoms with van der Waals surface area (Å²) in [6, 6.07) is 12.3. The van der Waals surface area contributed by atoms with Crippen molar-refractivity contribution in [2.75, 3.05) is 5.75 Å². The summed E-state index contributed by atoms with van der Waals surface area (Å²) in [5.41, 5.74) is 0.971. The quantitative estimate of drug-likeness (QED) is 0.776. The number of fused-ring (bicyclic) bond motifs is 1. The number of hydrogen-bond donors (Lipinski definition) is 1. The van der Waals surface area contributed by atoms with Crippen LogP contribution >= 0.6 is 11.8 Å². The van der Waals surface area contributed by atoms with Crippen LogP contribution in [0.2, 0.25) is 0 Å². The molecule has 1 N–H and O–H groups in total. The average Bonchev–Trinajstić information content (AvgIpc) is 2.50. The van der Waals surface area contributed by atoms with Gasteiger partial charge in [0.15, 0.2) is 0 Å². The zero-order valence-corrected chi connectivity index (χ0v) is 14.3. The second-order valence-electron chi connectivity index (χ2n) is 6.07. The van der Waals surface area contributed by atoms with Crippen LogP contribution in [0.5, 0.6) is 0 Å². The molecule has 0 bridgehead atoms. The molecule has 0 saturated carbocycles. The Kier molecular flexibility index (Phi) is 6.25. The van der Waals surface area contributed by atoms with Crippen LogP contribution in [-0.4, -0.2) is 22.7 Å². The molecule has 2 rings (SSSR count). The summed E-state index contributed by atoms with van der Waals surface area (Å²) in [5, 5.41) is 5.07. The molecule has 3 nitrogen and oxygen atoms in total. The largest absolute Gasteiger partial charge is 0.353 e. The molecule has 0 aliphatic rings.